The Labute approximate surface area is 128 Å². The lowest BCUT2D eigenvalue weighted by atomic mass is 9.80. The van der Waals surface area contributed by atoms with Gasteiger partial charge >= 0.3 is 0 Å². The van der Waals surface area contributed by atoms with Crippen molar-refractivity contribution in [1.29, 1.82) is 0 Å². The highest BCUT2D eigenvalue weighted by molar-refractivity contribution is 5.35. The zero-order chi connectivity index (χ0) is 14.9. The molecule has 1 saturated heterocycles. The van der Waals surface area contributed by atoms with Crippen molar-refractivity contribution in [3.05, 3.63) is 34.9 Å². The minimum atomic E-state index is 0.227. The van der Waals surface area contributed by atoms with Crippen molar-refractivity contribution in [2.45, 2.75) is 64.0 Å². The molecule has 3 N–H and O–H groups in total. The number of hydrogen-bond acceptors (Lipinski definition) is 3. The molecule has 1 aliphatic heterocycles. The van der Waals surface area contributed by atoms with E-state index < -0.39 is 0 Å². The summed E-state index contributed by atoms with van der Waals surface area (Å²) in [6.07, 6.45) is 7.89. The van der Waals surface area contributed by atoms with Crippen LogP contribution in [0.1, 0.15) is 61.3 Å². The standard InChI is InChI=1S/C18H29N3/c1-14-7-8-16(15(2)13-14)17(20-19)18(9-3-4-10-18)21-11-5-6-12-21/h7-8,13,17,20H,3-6,9-12,19H2,1-2H3. The number of hydrogen-bond donors (Lipinski definition) is 2. The predicted octanol–water partition coefficient (Wildman–Crippen LogP) is 3.22. The summed E-state index contributed by atoms with van der Waals surface area (Å²) in [4.78, 5) is 2.73. The van der Waals surface area contributed by atoms with E-state index in [-0.39, 0.29) is 11.6 Å². The molecule has 0 amide bonds. The molecule has 3 nitrogen and oxygen atoms in total. The fraction of sp³-hybridized carbons (Fsp3) is 0.667. The molecule has 0 aromatic heterocycles. The maximum Gasteiger partial charge on any atom is 0.0646 e. The largest absolute Gasteiger partial charge is 0.296 e. The third-order valence-corrected chi connectivity index (χ3v) is 5.65. The molecule has 1 aromatic carbocycles. The van der Waals surface area contributed by atoms with Crippen LogP contribution in [0.25, 0.3) is 0 Å². The van der Waals surface area contributed by atoms with Gasteiger partial charge in [-0.3, -0.25) is 16.2 Å². The van der Waals surface area contributed by atoms with Gasteiger partial charge in [-0.15, -0.1) is 0 Å². The lowest BCUT2D eigenvalue weighted by molar-refractivity contribution is 0.0762. The summed E-state index contributed by atoms with van der Waals surface area (Å²) in [5.41, 5.74) is 7.50. The van der Waals surface area contributed by atoms with E-state index in [0.29, 0.717) is 0 Å². The van der Waals surface area contributed by atoms with Gasteiger partial charge in [-0.2, -0.15) is 0 Å². The Kier molecular flexibility index (Phi) is 4.34. The van der Waals surface area contributed by atoms with E-state index in [1.807, 2.05) is 0 Å². The van der Waals surface area contributed by atoms with Gasteiger partial charge in [0.2, 0.25) is 0 Å². The summed E-state index contributed by atoms with van der Waals surface area (Å²) in [6, 6.07) is 7.04. The number of hydrazine groups is 1. The van der Waals surface area contributed by atoms with Crippen molar-refractivity contribution in [1.82, 2.24) is 10.3 Å². The minimum Gasteiger partial charge on any atom is -0.296 e. The van der Waals surface area contributed by atoms with E-state index >= 15 is 0 Å². The molecule has 3 rings (SSSR count). The topological polar surface area (TPSA) is 41.3 Å². The molecular formula is C18H29N3. The van der Waals surface area contributed by atoms with Crippen molar-refractivity contribution >= 4 is 0 Å². The molecule has 2 aliphatic rings. The fourth-order valence-corrected chi connectivity index (χ4v) is 4.62. The van der Waals surface area contributed by atoms with Crippen molar-refractivity contribution < 1.29 is 0 Å². The van der Waals surface area contributed by atoms with Gasteiger partial charge in [0.1, 0.15) is 0 Å². The van der Waals surface area contributed by atoms with Crippen LogP contribution < -0.4 is 11.3 Å². The number of benzene rings is 1. The number of aryl methyl sites for hydroxylation is 2. The van der Waals surface area contributed by atoms with Gasteiger partial charge in [-0.1, -0.05) is 36.6 Å². The summed E-state index contributed by atoms with van der Waals surface area (Å²) in [5, 5.41) is 0. The average molecular weight is 287 g/mol. The average Bonchev–Trinajstić information content (AvgIpc) is 3.13. The SMILES string of the molecule is Cc1ccc(C(NN)C2(N3CCCC3)CCCC2)c(C)c1. The first-order chi connectivity index (χ1) is 10.2. The van der Waals surface area contributed by atoms with Crippen LogP contribution in [-0.4, -0.2) is 23.5 Å². The van der Waals surface area contributed by atoms with Gasteiger partial charge in [0.05, 0.1) is 6.04 Å². The first-order valence-corrected chi connectivity index (χ1v) is 8.46. The van der Waals surface area contributed by atoms with Gasteiger partial charge in [-0.25, -0.2) is 0 Å². The lowest BCUT2D eigenvalue weighted by Gasteiger charge is -2.45. The van der Waals surface area contributed by atoms with Crippen LogP contribution in [0.4, 0.5) is 0 Å². The molecule has 1 unspecified atom stereocenters. The van der Waals surface area contributed by atoms with Crippen molar-refractivity contribution in [2.24, 2.45) is 5.84 Å². The van der Waals surface area contributed by atoms with E-state index in [1.54, 1.807) is 0 Å². The van der Waals surface area contributed by atoms with Gasteiger partial charge in [0.25, 0.3) is 0 Å². The molecule has 1 saturated carbocycles. The van der Waals surface area contributed by atoms with E-state index in [9.17, 15) is 0 Å². The highest BCUT2D eigenvalue weighted by Crippen LogP contribution is 2.46. The lowest BCUT2D eigenvalue weighted by Crippen LogP contribution is -2.55. The predicted molar refractivity (Wildman–Crippen MR) is 88.0 cm³/mol. The molecule has 2 fully saturated rings. The minimum absolute atomic E-state index is 0.227. The molecule has 116 valence electrons. The van der Waals surface area contributed by atoms with Crippen LogP contribution in [0, 0.1) is 13.8 Å². The van der Waals surface area contributed by atoms with Crippen molar-refractivity contribution in [3.8, 4) is 0 Å². The van der Waals surface area contributed by atoms with E-state index in [0.717, 1.165) is 0 Å². The van der Waals surface area contributed by atoms with Gasteiger partial charge in [0, 0.05) is 5.54 Å². The maximum absolute atomic E-state index is 6.07. The summed E-state index contributed by atoms with van der Waals surface area (Å²) in [6.45, 7) is 6.86. The van der Waals surface area contributed by atoms with Gasteiger partial charge in [0.15, 0.2) is 0 Å². The fourth-order valence-electron chi connectivity index (χ4n) is 4.62. The highest BCUT2D eigenvalue weighted by atomic mass is 15.3. The molecule has 1 aliphatic carbocycles. The Balaban J connectivity index is 1.99. The molecular weight excluding hydrogens is 258 g/mol. The van der Waals surface area contributed by atoms with Crippen molar-refractivity contribution in [3.63, 3.8) is 0 Å². The van der Waals surface area contributed by atoms with Crippen LogP contribution in [-0.2, 0) is 0 Å². The Hall–Kier alpha value is -0.900. The zero-order valence-corrected chi connectivity index (χ0v) is 13.5. The Morgan fingerprint density at radius 2 is 1.76 bits per heavy atom. The first kappa shape index (κ1) is 15.0. The Morgan fingerprint density at radius 1 is 1.10 bits per heavy atom. The Morgan fingerprint density at radius 3 is 2.33 bits per heavy atom. The molecule has 1 heterocycles. The second kappa shape index (κ2) is 6.07. The molecule has 0 spiro atoms. The molecule has 3 heteroatoms. The van der Waals surface area contributed by atoms with Crippen LogP contribution in [0.5, 0.6) is 0 Å². The smallest absolute Gasteiger partial charge is 0.0646 e. The Bertz CT molecular complexity index is 485. The molecule has 21 heavy (non-hydrogen) atoms. The highest BCUT2D eigenvalue weighted by Gasteiger charge is 2.47. The third kappa shape index (κ3) is 2.63. The van der Waals surface area contributed by atoms with Crippen LogP contribution in [0.3, 0.4) is 0 Å². The molecule has 0 bridgehead atoms. The second-order valence-electron chi connectivity index (χ2n) is 6.96. The van der Waals surface area contributed by atoms with E-state index in [2.05, 4.69) is 42.4 Å². The van der Waals surface area contributed by atoms with Gasteiger partial charge < -0.3 is 0 Å². The quantitative estimate of drug-likeness (QED) is 0.660. The summed E-state index contributed by atoms with van der Waals surface area (Å²) < 4.78 is 0. The molecule has 1 atom stereocenters. The summed E-state index contributed by atoms with van der Waals surface area (Å²) in [7, 11) is 0. The second-order valence-corrected chi connectivity index (χ2v) is 6.96. The molecule has 1 aromatic rings. The summed E-state index contributed by atoms with van der Waals surface area (Å²) >= 11 is 0. The molecule has 0 radical (unpaired) electrons. The monoisotopic (exact) mass is 287 g/mol. The van der Waals surface area contributed by atoms with Crippen LogP contribution in [0.2, 0.25) is 0 Å². The van der Waals surface area contributed by atoms with E-state index in [1.165, 1.54) is 68.3 Å². The number of likely N-dealkylation sites (tertiary alicyclic amines) is 1. The number of nitrogens with one attached hydrogen (secondary N) is 1. The number of rotatable bonds is 4. The first-order valence-electron chi connectivity index (χ1n) is 8.46. The third-order valence-electron chi connectivity index (χ3n) is 5.65. The zero-order valence-electron chi connectivity index (χ0n) is 13.5. The summed E-state index contributed by atoms with van der Waals surface area (Å²) in [5.74, 6) is 6.07. The maximum atomic E-state index is 6.07. The van der Waals surface area contributed by atoms with Crippen LogP contribution in [0.15, 0.2) is 18.2 Å². The van der Waals surface area contributed by atoms with Crippen molar-refractivity contribution in [2.75, 3.05) is 13.1 Å². The van der Waals surface area contributed by atoms with Crippen LogP contribution >= 0.6 is 0 Å². The number of nitrogens with zero attached hydrogens (tertiary/aromatic N) is 1. The van der Waals surface area contributed by atoms with E-state index in [4.69, 9.17) is 5.84 Å². The number of nitrogens with two attached hydrogens (primary N) is 1. The van der Waals surface area contributed by atoms with Gasteiger partial charge in [-0.05, 0) is 63.7 Å². The normalized spacial score (nSPS) is 23.6.